The zero-order valence-electron chi connectivity index (χ0n) is 64.2. The Bertz CT molecular complexity index is 5350. The molecular formula is C82H90F3N19O8. The van der Waals surface area contributed by atoms with E-state index in [-0.39, 0.29) is 86.8 Å². The quantitative estimate of drug-likeness (QED) is 0.0390. The van der Waals surface area contributed by atoms with E-state index in [4.69, 9.17) is 23.7 Å². The minimum atomic E-state index is -0.532. The van der Waals surface area contributed by atoms with Crippen LogP contribution in [0.2, 0.25) is 0 Å². The lowest BCUT2D eigenvalue weighted by atomic mass is 10.2. The summed E-state index contributed by atoms with van der Waals surface area (Å²) in [6, 6.07) is 38.6. The molecule has 27 nitrogen and oxygen atoms in total. The summed E-state index contributed by atoms with van der Waals surface area (Å²) in [5, 5.41) is 11.0. The number of anilines is 9. The molecule has 3 aliphatic heterocycles. The van der Waals surface area contributed by atoms with Gasteiger partial charge in [0.25, 0.3) is 17.7 Å². The Kier molecular flexibility index (Phi) is 24.3. The van der Waals surface area contributed by atoms with E-state index in [1.807, 2.05) is 108 Å². The van der Waals surface area contributed by atoms with Crippen LogP contribution in [0.4, 0.5) is 64.7 Å². The van der Waals surface area contributed by atoms with Crippen molar-refractivity contribution < 1.29 is 51.2 Å². The number of carbonyl (C=O) groups is 3. The zero-order valence-corrected chi connectivity index (χ0v) is 64.2. The van der Waals surface area contributed by atoms with Crippen LogP contribution in [0.25, 0.3) is 32.7 Å². The number of amides is 3. The third kappa shape index (κ3) is 17.7. The molecule has 9 heterocycles. The van der Waals surface area contributed by atoms with Gasteiger partial charge in [-0.2, -0.15) is 0 Å². The number of hydrogen-bond acceptors (Lipinski definition) is 21. The largest absolute Gasteiger partial charge is 0.435 e. The molecule has 0 saturated carbocycles. The number of aromatic amines is 3. The number of rotatable bonds is 21. The molecule has 3 aliphatic rings. The fraction of sp³-hybridized carbons (Fsp3) is 0.305. The molecule has 6 aromatic carbocycles. The molecular weight excluding hydrogens is 1440 g/mol. The van der Waals surface area contributed by atoms with Gasteiger partial charge in [-0.15, -0.1) is 0 Å². The lowest BCUT2D eigenvalue weighted by molar-refractivity contribution is 0.0791. The van der Waals surface area contributed by atoms with Crippen molar-refractivity contribution in [1.82, 2.24) is 64.5 Å². The number of H-pyrrole nitrogens is 3. The van der Waals surface area contributed by atoms with Gasteiger partial charge in [-0.3, -0.25) is 14.4 Å². The summed E-state index contributed by atoms with van der Waals surface area (Å²) in [4.78, 5) is 89.0. The molecule has 12 aromatic rings. The molecule has 0 atom stereocenters. The standard InChI is InChI=1S/C28H32FN7O2.2C27H29FN6O3/c1-5-35(4)28(37)24-26(33-19-7-6-8-20(16-19)36-13-11-34(3)12-14-36)30-17-31-27(24)38-23-10-9-22-21(25(23)29)15-18(2)32-22;1-4-33(3)27(35)23-25(32-18-5-7-19(8-6-18)34-11-13-36-14-12-34)29-16-30-26(23)37-22-10-9-21-20(24(22)28)15-17(2)31-21;1-4-33(3)27(35)23-25(32-18-6-5-7-19(15-18)34-10-12-36-13-11-34)29-16-30-26(23)37-22-9-8-21-20(24(22)28)14-17(2)31-21/h6-10,15-17,32H,5,11-14H2,1-4H3,(H,30,31,33);5-10,15-16,31H,4,11-14H2,1-3H3,(H,29,30,32);5-9,14-16,31H,4,10-13H2,1-3H3,(H,29,30,32). The minimum Gasteiger partial charge on any atom is -0.435 e. The molecule has 6 N–H and O–H groups in total. The highest BCUT2D eigenvalue weighted by atomic mass is 19.1. The summed E-state index contributed by atoms with van der Waals surface area (Å²) in [5.74, 6) is -1.94. The Morgan fingerprint density at radius 3 is 1.10 bits per heavy atom. The van der Waals surface area contributed by atoms with Gasteiger partial charge in [-0.25, -0.2) is 43.1 Å². The second-order valence-corrected chi connectivity index (χ2v) is 27.4. The molecule has 112 heavy (non-hydrogen) atoms. The molecule has 0 radical (unpaired) electrons. The number of piperazine rings is 1. The number of aromatic nitrogens is 9. The lowest BCUT2D eigenvalue weighted by Crippen LogP contribution is -2.44. The first-order valence-corrected chi connectivity index (χ1v) is 37.1. The second kappa shape index (κ2) is 35.0. The molecule has 0 bridgehead atoms. The number of fused-ring (bicyclic) bond motifs is 3. The number of hydrogen-bond donors (Lipinski definition) is 6. The molecule has 0 unspecified atom stereocenters. The number of carbonyl (C=O) groups excluding carboxylic acids is 3. The van der Waals surface area contributed by atoms with Crippen LogP contribution in [0.3, 0.4) is 0 Å². The van der Waals surface area contributed by atoms with Crippen molar-refractivity contribution in [2.75, 3.05) is 157 Å². The minimum absolute atomic E-state index is 0.0199. The monoisotopic (exact) mass is 1530 g/mol. The van der Waals surface area contributed by atoms with Crippen molar-refractivity contribution in [1.29, 1.82) is 0 Å². The Labute approximate surface area is 646 Å². The Morgan fingerprint density at radius 2 is 0.750 bits per heavy atom. The van der Waals surface area contributed by atoms with E-state index in [2.05, 4.69) is 93.5 Å². The van der Waals surface area contributed by atoms with Gasteiger partial charge < -0.3 is 88.9 Å². The van der Waals surface area contributed by atoms with Crippen molar-refractivity contribution in [2.24, 2.45) is 0 Å². The zero-order chi connectivity index (χ0) is 78.7. The van der Waals surface area contributed by atoms with Crippen LogP contribution in [0, 0.1) is 38.2 Å². The fourth-order valence-electron chi connectivity index (χ4n) is 13.1. The summed E-state index contributed by atoms with van der Waals surface area (Å²) in [5.41, 5.74) is 10.3. The topological polar surface area (TPSA) is 281 Å². The molecule has 0 spiro atoms. The maximum absolute atomic E-state index is 15.3. The smallest absolute Gasteiger partial charge is 0.262 e. The second-order valence-electron chi connectivity index (χ2n) is 27.4. The number of benzene rings is 6. The highest BCUT2D eigenvalue weighted by molar-refractivity contribution is 6.03. The molecule has 3 saturated heterocycles. The number of likely N-dealkylation sites (N-methyl/N-ethyl adjacent to an activating group) is 1. The first-order valence-electron chi connectivity index (χ1n) is 37.1. The predicted molar refractivity (Wildman–Crippen MR) is 428 cm³/mol. The van der Waals surface area contributed by atoms with Crippen LogP contribution in [0.5, 0.6) is 34.9 Å². The van der Waals surface area contributed by atoms with Crippen LogP contribution in [-0.2, 0) is 9.47 Å². The van der Waals surface area contributed by atoms with E-state index < -0.39 is 17.5 Å². The molecule has 582 valence electrons. The van der Waals surface area contributed by atoms with Crippen molar-refractivity contribution in [2.45, 2.75) is 41.5 Å². The van der Waals surface area contributed by atoms with Gasteiger partial charge >= 0.3 is 0 Å². The maximum atomic E-state index is 15.3. The summed E-state index contributed by atoms with van der Waals surface area (Å²) in [6.45, 7) is 22.5. The molecule has 30 heteroatoms. The molecule has 3 fully saturated rings. The Morgan fingerprint density at radius 1 is 0.420 bits per heavy atom. The van der Waals surface area contributed by atoms with E-state index in [1.165, 1.54) is 51.9 Å². The van der Waals surface area contributed by atoms with Gasteiger partial charge in [0.05, 0.1) is 26.4 Å². The number of ether oxygens (including phenoxy) is 5. The van der Waals surface area contributed by atoms with E-state index in [0.29, 0.717) is 78.8 Å². The third-order valence-electron chi connectivity index (χ3n) is 19.6. The lowest BCUT2D eigenvalue weighted by Gasteiger charge is -2.34. The van der Waals surface area contributed by atoms with Crippen LogP contribution >= 0.6 is 0 Å². The van der Waals surface area contributed by atoms with Crippen LogP contribution in [0.1, 0.15) is 68.9 Å². The van der Waals surface area contributed by atoms with E-state index in [9.17, 15) is 14.4 Å². The molecule has 0 aliphatic carbocycles. The van der Waals surface area contributed by atoms with Gasteiger partial charge in [0, 0.05) is 177 Å². The molecule has 6 aromatic heterocycles. The SMILES string of the molecule is CCN(C)C(=O)c1c(Nc2ccc(N3CCOCC3)cc2)ncnc1Oc1ccc2[nH]c(C)cc2c1F.CCN(C)C(=O)c1c(Nc2cccc(N3CCN(C)CC3)c2)ncnc1Oc1ccc2[nH]c(C)cc2c1F.CCN(C)C(=O)c1c(Nc2cccc(N3CCOCC3)c2)ncnc1Oc1ccc2[nH]c(C)cc2c1F. The van der Waals surface area contributed by atoms with Gasteiger partial charge in [0.15, 0.2) is 52.2 Å². The highest BCUT2D eigenvalue weighted by Crippen LogP contribution is 2.39. The van der Waals surface area contributed by atoms with E-state index in [0.717, 1.165) is 104 Å². The number of aryl methyl sites for hydroxylation is 3. The Hall–Kier alpha value is -12.5. The normalized spacial score (nSPS) is 13.7. The van der Waals surface area contributed by atoms with Crippen LogP contribution in [-0.4, -0.2) is 209 Å². The van der Waals surface area contributed by atoms with Crippen molar-refractivity contribution in [3.8, 4) is 34.9 Å². The first kappa shape index (κ1) is 77.6. The van der Waals surface area contributed by atoms with Crippen LogP contribution in [0.15, 0.2) is 146 Å². The van der Waals surface area contributed by atoms with Gasteiger partial charge in [-0.05, 0) is 164 Å². The van der Waals surface area contributed by atoms with E-state index >= 15 is 13.2 Å². The predicted octanol–water partition coefficient (Wildman–Crippen LogP) is 14.5. The summed E-state index contributed by atoms with van der Waals surface area (Å²) < 4.78 is 74.5. The average molecular weight is 1530 g/mol. The molecule has 3 amide bonds. The van der Waals surface area contributed by atoms with Crippen molar-refractivity contribution in [3.63, 3.8) is 0 Å². The van der Waals surface area contributed by atoms with Crippen LogP contribution < -0.4 is 44.9 Å². The highest BCUT2D eigenvalue weighted by Gasteiger charge is 2.30. The van der Waals surface area contributed by atoms with Crippen molar-refractivity contribution >= 4 is 102 Å². The number of nitrogens with zero attached hydrogens (tertiary/aromatic N) is 13. The van der Waals surface area contributed by atoms with Crippen molar-refractivity contribution in [3.05, 3.63) is 198 Å². The summed E-state index contributed by atoms with van der Waals surface area (Å²) >= 11 is 0. The van der Waals surface area contributed by atoms with Gasteiger partial charge in [-0.1, -0.05) is 12.1 Å². The summed E-state index contributed by atoms with van der Waals surface area (Å²) in [7, 11) is 7.16. The maximum Gasteiger partial charge on any atom is 0.262 e. The number of morpholine rings is 2. The molecule has 15 rings (SSSR count). The summed E-state index contributed by atoms with van der Waals surface area (Å²) in [6.07, 6.45) is 3.89. The number of halogens is 3. The number of nitrogens with one attached hydrogen (secondary N) is 6. The average Bonchev–Trinajstić information content (AvgIpc) is 1.41. The Balaban J connectivity index is 0.000000147. The third-order valence-corrected chi connectivity index (χ3v) is 19.6. The fourth-order valence-corrected chi connectivity index (χ4v) is 13.1. The van der Waals surface area contributed by atoms with Gasteiger partial charge in [0.2, 0.25) is 17.6 Å². The van der Waals surface area contributed by atoms with E-state index in [1.54, 1.807) is 57.5 Å². The van der Waals surface area contributed by atoms with Gasteiger partial charge in [0.1, 0.15) is 35.7 Å². The first-order chi connectivity index (χ1) is 54.2.